The lowest BCUT2D eigenvalue weighted by Gasteiger charge is -2.43. The third-order valence-corrected chi connectivity index (χ3v) is 5.43. The van der Waals surface area contributed by atoms with Crippen LogP contribution in [0.1, 0.15) is 23.2 Å². The summed E-state index contributed by atoms with van der Waals surface area (Å²) in [6, 6.07) is 7.76. The van der Waals surface area contributed by atoms with E-state index in [1.54, 1.807) is 24.5 Å². The Bertz CT molecular complexity index is 931. The summed E-state index contributed by atoms with van der Waals surface area (Å²) in [5.41, 5.74) is 2.82. The van der Waals surface area contributed by atoms with Gasteiger partial charge < -0.3 is 14.8 Å². The number of nitrogens with one attached hydrogen (secondary N) is 1. The molecule has 1 saturated carbocycles. The Morgan fingerprint density at radius 3 is 2.72 bits per heavy atom. The highest BCUT2D eigenvalue weighted by molar-refractivity contribution is 5.95. The van der Waals surface area contributed by atoms with Crippen LogP contribution in [-0.4, -0.2) is 50.9 Å². The molecule has 6 heteroatoms. The van der Waals surface area contributed by atoms with Crippen LogP contribution >= 0.6 is 0 Å². The van der Waals surface area contributed by atoms with Crippen LogP contribution in [-0.2, 0) is 0 Å². The maximum Gasteiger partial charge on any atom is 0.254 e. The number of H-pyrrole nitrogens is 1. The topological polar surface area (TPSA) is 65.1 Å². The lowest BCUT2D eigenvalue weighted by Crippen LogP contribution is -2.57. The van der Waals surface area contributed by atoms with E-state index in [-0.39, 0.29) is 11.4 Å². The van der Waals surface area contributed by atoms with Crippen LogP contribution in [0.2, 0.25) is 0 Å². The van der Waals surface area contributed by atoms with Gasteiger partial charge in [-0.2, -0.15) is 0 Å². The van der Waals surface area contributed by atoms with Crippen molar-refractivity contribution >= 4 is 22.6 Å². The number of fused-ring (bicyclic) bond motifs is 1. The van der Waals surface area contributed by atoms with Gasteiger partial charge in [0, 0.05) is 61.1 Å². The van der Waals surface area contributed by atoms with Crippen LogP contribution in [0.3, 0.4) is 0 Å². The Balaban J connectivity index is 1.43. The monoisotopic (exact) mass is 333 g/mol. The first-order valence-electron chi connectivity index (χ1n) is 8.66. The minimum absolute atomic E-state index is 0.0233. The van der Waals surface area contributed by atoms with Gasteiger partial charge in [-0.15, -0.1) is 0 Å². The number of anilines is 1. The van der Waals surface area contributed by atoms with Gasteiger partial charge in [0.2, 0.25) is 0 Å². The average molecular weight is 333 g/mol. The van der Waals surface area contributed by atoms with E-state index in [0.29, 0.717) is 0 Å². The first-order valence-corrected chi connectivity index (χ1v) is 8.66. The van der Waals surface area contributed by atoms with Crippen LogP contribution in [0.25, 0.3) is 11.0 Å². The van der Waals surface area contributed by atoms with E-state index in [0.717, 1.165) is 49.1 Å². The molecule has 0 radical (unpaired) electrons. The number of amides is 1. The average Bonchev–Trinajstić information content (AvgIpc) is 3.24. The van der Waals surface area contributed by atoms with Crippen LogP contribution < -0.4 is 4.90 Å². The second-order valence-electron chi connectivity index (χ2n) is 6.91. The van der Waals surface area contributed by atoms with E-state index in [2.05, 4.69) is 36.9 Å². The summed E-state index contributed by atoms with van der Waals surface area (Å²) in [6.07, 6.45) is 9.29. The van der Waals surface area contributed by atoms with Gasteiger partial charge in [0.05, 0.1) is 5.54 Å². The zero-order valence-corrected chi connectivity index (χ0v) is 13.9. The Labute approximate surface area is 145 Å². The molecule has 1 saturated heterocycles. The molecule has 1 spiro atoms. The number of nitrogens with zero attached hydrogens (tertiary/aromatic N) is 4. The molecule has 2 fully saturated rings. The number of pyridine rings is 2. The van der Waals surface area contributed by atoms with Crippen molar-refractivity contribution in [3.63, 3.8) is 0 Å². The van der Waals surface area contributed by atoms with Gasteiger partial charge in [-0.25, -0.2) is 4.98 Å². The van der Waals surface area contributed by atoms with Gasteiger partial charge >= 0.3 is 0 Å². The minimum Gasteiger partial charge on any atom is -0.367 e. The molecular formula is C19H19N5O. The molecule has 1 aliphatic heterocycles. The van der Waals surface area contributed by atoms with Crippen molar-refractivity contribution in [2.24, 2.45) is 0 Å². The van der Waals surface area contributed by atoms with Crippen LogP contribution in [0.4, 0.5) is 5.69 Å². The van der Waals surface area contributed by atoms with Crippen molar-refractivity contribution in [2.75, 3.05) is 24.5 Å². The summed E-state index contributed by atoms with van der Waals surface area (Å²) >= 11 is 0. The first kappa shape index (κ1) is 14.5. The second kappa shape index (κ2) is 5.31. The van der Waals surface area contributed by atoms with Crippen molar-refractivity contribution in [3.8, 4) is 0 Å². The molecule has 1 amide bonds. The molecule has 0 atom stereocenters. The quantitative estimate of drug-likeness (QED) is 0.782. The lowest BCUT2D eigenvalue weighted by atomic mass is 10.1. The van der Waals surface area contributed by atoms with Gasteiger partial charge in [-0.3, -0.25) is 9.78 Å². The van der Waals surface area contributed by atoms with Crippen molar-refractivity contribution < 1.29 is 4.79 Å². The van der Waals surface area contributed by atoms with E-state index < -0.39 is 0 Å². The SMILES string of the molecule is O=C(c1ccncc1)N1CCN(c2ccnc3[nH]ccc23)CC12CC2. The Morgan fingerprint density at radius 2 is 1.92 bits per heavy atom. The Kier molecular flexibility index (Phi) is 3.07. The normalized spacial score (nSPS) is 18.7. The van der Waals surface area contributed by atoms with E-state index >= 15 is 0 Å². The Morgan fingerprint density at radius 1 is 1.08 bits per heavy atom. The summed E-state index contributed by atoms with van der Waals surface area (Å²) < 4.78 is 0. The summed E-state index contributed by atoms with van der Waals surface area (Å²) in [7, 11) is 0. The molecule has 6 nitrogen and oxygen atoms in total. The van der Waals surface area contributed by atoms with Crippen LogP contribution in [0, 0.1) is 0 Å². The molecule has 2 aliphatic rings. The third kappa shape index (κ3) is 2.28. The second-order valence-corrected chi connectivity index (χ2v) is 6.91. The highest BCUT2D eigenvalue weighted by Gasteiger charge is 2.53. The molecule has 126 valence electrons. The van der Waals surface area contributed by atoms with Crippen molar-refractivity contribution in [1.82, 2.24) is 19.9 Å². The zero-order valence-electron chi connectivity index (χ0n) is 13.9. The first-order chi connectivity index (χ1) is 12.3. The minimum atomic E-state index is -0.0233. The summed E-state index contributed by atoms with van der Waals surface area (Å²) in [5.74, 6) is 0.126. The van der Waals surface area contributed by atoms with Crippen LogP contribution in [0.15, 0.2) is 49.1 Å². The molecule has 1 N–H and O–H groups in total. The number of aromatic amines is 1. The number of piperazine rings is 1. The highest BCUT2D eigenvalue weighted by atomic mass is 16.2. The molecule has 0 unspecified atom stereocenters. The molecule has 3 aromatic heterocycles. The summed E-state index contributed by atoms with van der Waals surface area (Å²) in [5, 5.41) is 1.15. The molecule has 25 heavy (non-hydrogen) atoms. The lowest BCUT2D eigenvalue weighted by molar-refractivity contribution is 0.0624. The summed E-state index contributed by atoms with van der Waals surface area (Å²) in [6.45, 7) is 2.46. The van der Waals surface area contributed by atoms with Gasteiger partial charge in [-0.05, 0) is 37.1 Å². The van der Waals surface area contributed by atoms with Crippen molar-refractivity contribution in [1.29, 1.82) is 0 Å². The third-order valence-electron chi connectivity index (χ3n) is 5.43. The van der Waals surface area contributed by atoms with E-state index in [9.17, 15) is 4.79 Å². The number of carbonyl (C=O) groups excluding carboxylic acids is 1. The van der Waals surface area contributed by atoms with Crippen LogP contribution in [0.5, 0.6) is 0 Å². The largest absolute Gasteiger partial charge is 0.367 e. The number of carbonyl (C=O) groups is 1. The molecule has 3 aromatic rings. The molecular weight excluding hydrogens is 314 g/mol. The molecule has 5 rings (SSSR count). The van der Waals surface area contributed by atoms with Gasteiger partial charge in [0.25, 0.3) is 5.91 Å². The number of aromatic nitrogens is 3. The van der Waals surface area contributed by atoms with E-state index in [1.807, 2.05) is 12.4 Å². The Hall–Kier alpha value is -2.89. The highest BCUT2D eigenvalue weighted by Crippen LogP contribution is 2.46. The van der Waals surface area contributed by atoms with E-state index in [4.69, 9.17) is 0 Å². The molecule has 0 aromatic carbocycles. The molecule has 1 aliphatic carbocycles. The number of hydrogen-bond donors (Lipinski definition) is 1. The zero-order chi connectivity index (χ0) is 16.9. The number of rotatable bonds is 2. The smallest absolute Gasteiger partial charge is 0.254 e. The van der Waals surface area contributed by atoms with Crippen molar-refractivity contribution in [2.45, 2.75) is 18.4 Å². The maximum atomic E-state index is 12.9. The fourth-order valence-electron chi connectivity index (χ4n) is 3.94. The predicted molar refractivity (Wildman–Crippen MR) is 95.5 cm³/mol. The van der Waals surface area contributed by atoms with Gasteiger partial charge in [0.15, 0.2) is 0 Å². The fraction of sp³-hybridized carbons (Fsp3) is 0.316. The van der Waals surface area contributed by atoms with Crippen molar-refractivity contribution in [3.05, 3.63) is 54.6 Å². The van der Waals surface area contributed by atoms with Gasteiger partial charge in [-0.1, -0.05) is 0 Å². The summed E-state index contributed by atoms with van der Waals surface area (Å²) in [4.78, 5) is 29.0. The standard InChI is InChI=1S/C19H19N5O/c25-18(14-1-7-20-8-2-14)24-12-11-23(13-19(24)5-6-19)16-4-10-22-17-15(16)3-9-21-17/h1-4,7-10H,5-6,11-13H2,(H,21,22). The fourth-order valence-corrected chi connectivity index (χ4v) is 3.94. The predicted octanol–water partition coefficient (Wildman–Crippen LogP) is 2.45. The van der Waals surface area contributed by atoms with E-state index in [1.165, 1.54) is 5.69 Å². The molecule has 0 bridgehead atoms. The molecule has 4 heterocycles. The maximum absolute atomic E-state index is 12.9. The van der Waals surface area contributed by atoms with Gasteiger partial charge in [0.1, 0.15) is 5.65 Å². The number of hydrogen-bond acceptors (Lipinski definition) is 4.